The Bertz CT molecular complexity index is 1100. The van der Waals surface area contributed by atoms with Crippen molar-refractivity contribution in [1.29, 1.82) is 5.26 Å². The number of nitriles is 1. The third kappa shape index (κ3) is 9.14. The van der Waals surface area contributed by atoms with Gasteiger partial charge in [0.05, 0.1) is 43.0 Å². The summed E-state index contributed by atoms with van der Waals surface area (Å²) in [6.07, 6.45) is 4.94. The summed E-state index contributed by atoms with van der Waals surface area (Å²) in [5.74, 6) is 0.156. The highest BCUT2D eigenvalue weighted by molar-refractivity contribution is 6.00. The summed E-state index contributed by atoms with van der Waals surface area (Å²) in [4.78, 5) is 12.2. The molecule has 1 atom stereocenters. The second kappa shape index (κ2) is 12.8. The molecule has 0 fully saturated rings. The molecule has 1 unspecified atom stereocenters. The van der Waals surface area contributed by atoms with Crippen molar-refractivity contribution in [3.63, 3.8) is 0 Å². The molecule has 0 aliphatic carbocycles. The summed E-state index contributed by atoms with van der Waals surface area (Å²) in [6, 6.07) is 7.38. The van der Waals surface area contributed by atoms with Gasteiger partial charge in [0, 0.05) is 26.6 Å². The van der Waals surface area contributed by atoms with Gasteiger partial charge in [-0.15, -0.1) is 0 Å². The molecule has 0 amide bonds. The molecule has 0 aliphatic rings. The van der Waals surface area contributed by atoms with Crippen LogP contribution in [0.1, 0.15) is 45.4 Å². The van der Waals surface area contributed by atoms with Crippen LogP contribution >= 0.6 is 0 Å². The first-order valence-corrected chi connectivity index (χ1v) is 11.4. The van der Waals surface area contributed by atoms with Crippen LogP contribution < -0.4 is 25.8 Å². The summed E-state index contributed by atoms with van der Waals surface area (Å²) < 4.78 is 17.2. The van der Waals surface area contributed by atoms with Crippen molar-refractivity contribution in [2.24, 2.45) is 10.7 Å². The van der Waals surface area contributed by atoms with Crippen LogP contribution in [0.5, 0.6) is 11.5 Å². The van der Waals surface area contributed by atoms with E-state index in [1.54, 1.807) is 27.2 Å². The van der Waals surface area contributed by atoms with Gasteiger partial charge < -0.3 is 30.4 Å². The molecule has 194 valence electrons. The van der Waals surface area contributed by atoms with Gasteiger partial charge in [-0.25, -0.2) is 15.0 Å². The molecule has 11 nitrogen and oxygen atoms in total. The minimum absolute atomic E-state index is 0.167. The van der Waals surface area contributed by atoms with Gasteiger partial charge >= 0.3 is 0 Å². The van der Waals surface area contributed by atoms with E-state index in [0.29, 0.717) is 42.3 Å². The molecule has 0 spiro atoms. The molecule has 36 heavy (non-hydrogen) atoms. The lowest BCUT2D eigenvalue weighted by Crippen LogP contribution is -2.49. The number of nitrogens with zero attached hydrogens (tertiary/aromatic N) is 4. The third-order valence-corrected chi connectivity index (χ3v) is 4.57. The predicted octanol–water partition coefficient (Wildman–Crippen LogP) is 2.45. The summed E-state index contributed by atoms with van der Waals surface area (Å²) in [7, 11) is 3.32. The van der Waals surface area contributed by atoms with Crippen molar-refractivity contribution in [3.8, 4) is 17.6 Å². The molecule has 2 rings (SSSR count). The summed E-state index contributed by atoms with van der Waals surface area (Å²) in [5.41, 5.74) is 7.12. The van der Waals surface area contributed by atoms with Crippen LogP contribution in [-0.2, 0) is 4.74 Å². The maximum atomic E-state index is 10.3. The number of nitrogens with two attached hydrogens (primary N) is 1. The Labute approximate surface area is 212 Å². The van der Waals surface area contributed by atoms with Crippen LogP contribution in [0, 0.1) is 11.3 Å². The lowest BCUT2D eigenvalue weighted by atomic mass is 10.1. The van der Waals surface area contributed by atoms with Gasteiger partial charge in [0.1, 0.15) is 23.4 Å². The molecule has 1 aromatic heterocycles. The molecule has 0 saturated carbocycles. The lowest BCUT2D eigenvalue weighted by Gasteiger charge is -2.32. The molecule has 2 aromatic rings. The largest absolute Gasteiger partial charge is 0.496 e. The van der Waals surface area contributed by atoms with Crippen LogP contribution in [0.15, 0.2) is 41.7 Å². The van der Waals surface area contributed by atoms with Gasteiger partial charge in [-0.05, 0) is 39.3 Å². The second-order valence-electron chi connectivity index (χ2n) is 8.88. The van der Waals surface area contributed by atoms with Crippen LogP contribution in [0.25, 0.3) is 5.70 Å². The van der Waals surface area contributed by atoms with Crippen molar-refractivity contribution < 1.29 is 19.3 Å². The van der Waals surface area contributed by atoms with E-state index in [0.717, 1.165) is 0 Å². The fourth-order valence-corrected chi connectivity index (χ4v) is 3.29. The van der Waals surface area contributed by atoms with Gasteiger partial charge in [0.15, 0.2) is 11.5 Å². The van der Waals surface area contributed by atoms with E-state index in [-0.39, 0.29) is 17.3 Å². The molecular formula is C25H35N7O4. The zero-order valence-electron chi connectivity index (χ0n) is 21.6. The van der Waals surface area contributed by atoms with Crippen molar-refractivity contribution in [2.75, 3.05) is 27.3 Å². The Morgan fingerprint density at radius 2 is 1.94 bits per heavy atom. The number of nitrogens with one attached hydrogen (secondary N) is 2. The highest BCUT2D eigenvalue weighted by atomic mass is 16.7. The van der Waals surface area contributed by atoms with Gasteiger partial charge in [0.25, 0.3) is 0 Å². The number of hydrogen-bond donors (Lipinski definition) is 4. The first kappa shape index (κ1) is 28.5. The lowest BCUT2D eigenvalue weighted by molar-refractivity contribution is -0.259. The molecular weight excluding hydrogens is 462 g/mol. The van der Waals surface area contributed by atoms with Crippen molar-refractivity contribution in [2.45, 2.75) is 45.6 Å². The Kier molecular flexibility index (Phi) is 10.2. The fourth-order valence-electron chi connectivity index (χ4n) is 3.29. The molecule has 0 saturated heterocycles. The van der Waals surface area contributed by atoms with E-state index < -0.39 is 11.5 Å². The summed E-state index contributed by atoms with van der Waals surface area (Å²) in [6.45, 7) is 8.04. The number of hydrogen-bond acceptors (Lipinski definition) is 10. The zero-order chi connectivity index (χ0) is 26.8. The highest BCUT2D eigenvalue weighted by Gasteiger charge is 2.27. The van der Waals surface area contributed by atoms with E-state index in [4.69, 9.17) is 25.2 Å². The third-order valence-electron chi connectivity index (χ3n) is 4.57. The summed E-state index contributed by atoms with van der Waals surface area (Å²) in [5, 5.41) is 25.3. The Balaban J connectivity index is 2.15. The van der Waals surface area contributed by atoms with Gasteiger partial charge in [-0.2, -0.15) is 5.26 Å². The minimum atomic E-state index is -1.45. The molecule has 0 radical (unpaired) electrons. The Morgan fingerprint density at radius 3 is 2.53 bits per heavy atom. The first-order chi connectivity index (χ1) is 17.0. The zero-order valence-corrected chi connectivity index (χ0v) is 21.6. The monoisotopic (exact) mass is 497 g/mol. The quantitative estimate of drug-likeness (QED) is 0.148. The highest BCUT2D eigenvalue weighted by Crippen LogP contribution is 2.33. The van der Waals surface area contributed by atoms with Crippen molar-refractivity contribution in [3.05, 3.63) is 47.9 Å². The standard InChI is InChI=1S/C25H35N7O4/c1-24(2,3)36-25(4,33)31-11-8-12-35-20-10-7-9-19(34-6)23(20)18(28-5)13-21(27)32-22-16-29-17(14-26)15-30-22/h7,9-10,13,15-16,28,31,33H,8,11-12H2,1-6H3,(H2,27,30,32)/b18-13-. The maximum Gasteiger partial charge on any atom is 0.222 e. The molecule has 0 aliphatic heterocycles. The van der Waals surface area contributed by atoms with Crippen LogP contribution in [-0.4, -0.2) is 59.7 Å². The topological polar surface area (TPSA) is 160 Å². The normalized spacial score (nSPS) is 14.1. The van der Waals surface area contributed by atoms with Crippen LogP contribution in [0.4, 0.5) is 5.82 Å². The average molecular weight is 498 g/mol. The summed E-state index contributed by atoms with van der Waals surface area (Å²) >= 11 is 0. The maximum absolute atomic E-state index is 10.3. The molecule has 5 N–H and O–H groups in total. The number of aromatic nitrogens is 2. The van der Waals surface area contributed by atoms with E-state index in [9.17, 15) is 5.11 Å². The molecule has 1 aromatic carbocycles. The second-order valence-corrected chi connectivity index (χ2v) is 8.88. The minimum Gasteiger partial charge on any atom is -0.496 e. The molecule has 0 bridgehead atoms. The fraction of sp³-hybridized carbons (Fsp3) is 0.440. The van der Waals surface area contributed by atoms with Crippen LogP contribution in [0.3, 0.4) is 0 Å². The molecule has 11 heteroatoms. The smallest absolute Gasteiger partial charge is 0.222 e. The van der Waals surface area contributed by atoms with Gasteiger partial charge in [0.2, 0.25) is 5.91 Å². The van der Waals surface area contributed by atoms with Crippen LogP contribution in [0.2, 0.25) is 0 Å². The number of aliphatic imine (C=N–C) groups is 1. The SMILES string of the molecule is CN/C(=C\C(N)=Nc1cnc(C#N)cn1)c1c(OC)cccc1OCCCNC(C)(O)OC(C)(C)C. The van der Waals surface area contributed by atoms with E-state index in [1.165, 1.54) is 12.4 Å². The number of rotatable bonds is 12. The van der Waals surface area contributed by atoms with Crippen molar-refractivity contribution in [1.82, 2.24) is 20.6 Å². The number of aliphatic hydroxyl groups is 1. The van der Waals surface area contributed by atoms with E-state index >= 15 is 0 Å². The number of methoxy groups -OCH3 is 1. The number of amidine groups is 1. The average Bonchev–Trinajstić information content (AvgIpc) is 2.81. The number of benzene rings is 1. The Morgan fingerprint density at radius 1 is 1.22 bits per heavy atom. The van der Waals surface area contributed by atoms with Gasteiger partial charge in [-0.3, -0.25) is 5.32 Å². The van der Waals surface area contributed by atoms with E-state index in [1.807, 2.05) is 45.0 Å². The first-order valence-electron chi connectivity index (χ1n) is 11.4. The predicted molar refractivity (Wildman–Crippen MR) is 138 cm³/mol. The Hall–Kier alpha value is -3.72. The van der Waals surface area contributed by atoms with Crippen molar-refractivity contribution >= 4 is 17.4 Å². The van der Waals surface area contributed by atoms with E-state index in [2.05, 4.69) is 25.6 Å². The molecule has 1 heterocycles. The van der Waals surface area contributed by atoms with Gasteiger partial charge in [-0.1, -0.05) is 6.07 Å². The number of ether oxygens (including phenoxy) is 3.